The van der Waals surface area contributed by atoms with E-state index in [2.05, 4.69) is 11.3 Å². The molecule has 1 N–H and O–H groups in total. The van der Waals surface area contributed by atoms with E-state index in [1.807, 2.05) is 0 Å². The maximum Gasteiger partial charge on any atom is 0.387 e. The number of hydrogen-bond donors (Lipinski definition) is 1. The molecule has 0 spiro atoms. The van der Waals surface area contributed by atoms with Crippen LogP contribution in [0.2, 0.25) is 5.02 Å². The van der Waals surface area contributed by atoms with Crippen LogP contribution in [0.1, 0.15) is 54.8 Å². The minimum absolute atomic E-state index is 0.00551. The Hall–Kier alpha value is -3.85. The van der Waals surface area contributed by atoms with Crippen molar-refractivity contribution in [2.45, 2.75) is 51.1 Å². The predicted octanol–water partition coefficient (Wildman–Crippen LogP) is 6.95. The van der Waals surface area contributed by atoms with E-state index in [-0.39, 0.29) is 45.9 Å². The molecule has 1 aliphatic carbocycles. The molecule has 4 rings (SSSR count). The summed E-state index contributed by atoms with van der Waals surface area (Å²) in [6.07, 6.45) is 3.39. The number of halogens is 4. The van der Waals surface area contributed by atoms with Crippen molar-refractivity contribution in [1.82, 2.24) is 0 Å². The van der Waals surface area contributed by atoms with Crippen molar-refractivity contribution < 1.29 is 37.3 Å². The van der Waals surface area contributed by atoms with Gasteiger partial charge in [-0.2, -0.15) is 13.5 Å². The maximum absolute atomic E-state index is 14.9. The highest BCUT2D eigenvalue weighted by atomic mass is 35.5. The van der Waals surface area contributed by atoms with Crippen LogP contribution in [0.5, 0.6) is 5.75 Å². The summed E-state index contributed by atoms with van der Waals surface area (Å²) in [7, 11) is 0. The Morgan fingerprint density at radius 1 is 1.12 bits per heavy atom. The average Bonchev–Trinajstić information content (AvgIpc) is 2.91. The number of Topliss-reactive ketones (excluding diaryl/α,β-unsaturated/α-hetero) is 2. The molecule has 1 saturated carbocycles. The van der Waals surface area contributed by atoms with E-state index in [1.165, 1.54) is 12.1 Å². The first-order chi connectivity index (χ1) is 19.0. The number of ketones is 2. The molecule has 1 unspecified atom stereocenters. The van der Waals surface area contributed by atoms with Gasteiger partial charge in [0.2, 0.25) is 5.69 Å². The van der Waals surface area contributed by atoms with Gasteiger partial charge in [-0.3, -0.25) is 9.59 Å². The number of benzene rings is 2. The summed E-state index contributed by atoms with van der Waals surface area (Å²) in [6, 6.07) is 11.5. The second-order valence-electron chi connectivity index (χ2n) is 9.84. The molecule has 1 heterocycles. The van der Waals surface area contributed by atoms with Crippen LogP contribution in [-0.2, 0) is 16.0 Å². The lowest BCUT2D eigenvalue weighted by Gasteiger charge is -2.25. The molecule has 10 heteroatoms. The Kier molecular flexibility index (Phi) is 9.14. The number of pyridine rings is 1. The molecule has 2 aromatic carbocycles. The number of aliphatic hydroxyl groups is 1. The predicted molar refractivity (Wildman–Crippen MR) is 144 cm³/mol. The first kappa shape index (κ1) is 29.1. The van der Waals surface area contributed by atoms with Gasteiger partial charge in [0, 0.05) is 30.9 Å². The second kappa shape index (κ2) is 12.6. The highest BCUT2D eigenvalue weighted by Crippen LogP contribution is 2.38. The molecule has 1 aliphatic rings. The van der Waals surface area contributed by atoms with E-state index in [0.29, 0.717) is 48.0 Å². The highest BCUT2D eigenvalue weighted by molar-refractivity contribution is 6.31. The SMILES string of the molecule is C=C(O)c1ccc(CC(=O)C(CC2CCC(=O)CC2)c2ccc(-c3c(OC(F)F)ccc(Cl)c3F)c[n+]2[O-])cc1. The average molecular weight is 574 g/mol. The van der Waals surface area contributed by atoms with Crippen molar-refractivity contribution in [3.8, 4) is 16.9 Å². The fourth-order valence-electron chi connectivity index (χ4n) is 5.03. The van der Waals surface area contributed by atoms with E-state index in [0.717, 1.165) is 18.3 Å². The van der Waals surface area contributed by atoms with E-state index in [4.69, 9.17) is 11.6 Å². The Morgan fingerprint density at radius 2 is 1.80 bits per heavy atom. The van der Waals surface area contributed by atoms with Crippen LogP contribution >= 0.6 is 11.6 Å². The Bertz CT molecular complexity index is 1420. The van der Waals surface area contributed by atoms with Gasteiger partial charge < -0.3 is 15.1 Å². The van der Waals surface area contributed by atoms with Gasteiger partial charge in [-0.05, 0) is 48.9 Å². The smallest absolute Gasteiger partial charge is 0.387 e. The summed E-state index contributed by atoms with van der Waals surface area (Å²) in [5.74, 6) is -2.48. The molecule has 40 heavy (non-hydrogen) atoms. The second-order valence-corrected chi connectivity index (χ2v) is 10.2. The van der Waals surface area contributed by atoms with Crippen LogP contribution in [0.3, 0.4) is 0 Å². The fourth-order valence-corrected chi connectivity index (χ4v) is 5.19. The number of carbonyl (C=O) groups excluding carboxylic acids is 2. The third-order valence-corrected chi connectivity index (χ3v) is 7.44. The molecule has 0 bridgehead atoms. The van der Waals surface area contributed by atoms with Crippen molar-refractivity contribution in [1.29, 1.82) is 0 Å². The topological polar surface area (TPSA) is 90.5 Å². The van der Waals surface area contributed by atoms with Crippen LogP contribution in [-0.4, -0.2) is 23.3 Å². The monoisotopic (exact) mass is 573 g/mol. The number of aliphatic hydroxyl groups excluding tert-OH is 1. The third-order valence-electron chi connectivity index (χ3n) is 7.15. The minimum atomic E-state index is -3.23. The normalized spacial score (nSPS) is 14.8. The van der Waals surface area contributed by atoms with Crippen molar-refractivity contribution in [2.75, 3.05) is 0 Å². The van der Waals surface area contributed by atoms with Gasteiger partial charge >= 0.3 is 6.61 Å². The number of nitrogens with zero attached hydrogens (tertiary/aromatic N) is 1. The number of carbonyl (C=O) groups is 2. The summed E-state index contributed by atoms with van der Waals surface area (Å²) in [5, 5.41) is 22.5. The van der Waals surface area contributed by atoms with Crippen molar-refractivity contribution in [3.63, 3.8) is 0 Å². The maximum atomic E-state index is 14.9. The molecule has 3 aromatic rings. The Labute approximate surface area is 234 Å². The van der Waals surface area contributed by atoms with Crippen LogP contribution < -0.4 is 9.47 Å². The largest absolute Gasteiger partial charge is 0.618 e. The number of hydrogen-bond acceptors (Lipinski definition) is 5. The van der Waals surface area contributed by atoms with E-state index in [1.54, 1.807) is 24.3 Å². The minimum Gasteiger partial charge on any atom is -0.618 e. The summed E-state index contributed by atoms with van der Waals surface area (Å²) in [4.78, 5) is 25.3. The summed E-state index contributed by atoms with van der Waals surface area (Å²) < 4.78 is 45.7. The molecule has 1 atom stereocenters. The van der Waals surface area contributed by atoms with Crippen molar-refractivity contribution in [3.05, 3.63) is 94.2 Å². The zero-order valence-electron chi connectivity index (χ0n) is 21.4. The Morgan fingerprint density at radius 3 is 2.40 bits per heavy atom. The number of aromatic nitrogens is 1. The van der Waals surface area contributed by atoms with Gasteiger partial charge in [0.25, 0.3) is 0 Å². The third kappa shape index (κ3) is 6.83. The van der Waals surface area contributed by atoms with Gasteiger partial charge in [-0.15, -0.1) is 0 Å². The summed E-state index contributed by atoms with van der Waals surface area (Å²) >= 11 is 5.87. The molecule has 6 nitrogen and oxygen atoms in total. The van der Waals surface area contributed by atoms with E-state index in [9.17, 15) is 33.1 Å². The van der Waals surface area contributed by atoms with Gasteiger partial charge in [0.1, 0.15) is 23.2 Å². The molecular formula is C30H27ClF3NO5. The molecule has 210 valence electrons. The van der Waals surface area contributed by atoms with Gasteiger partial charge in [0.15, 0.2) is 17.8 Å². The van der Waals surface area contributed by atoms with Crippen LogP contribution in [0, 0.1) is 16.9 Å². The molecule has 1 fully saturated rings. The highest BCUT2D eigenvalue weighted by Gasteiger charge is 2.33. The zero-order valence-corrected chi connectivity index (χ0v) is 22.2. The Balaban J connectivity index is 1.68. The first-order valence-electron chi connectivity index (χ1n) is 12.7. The lowest BCUT2D eigenvalue weighted by molar-refractivity contribution is -0.614. The zero-order chi connectivity index (χ0) is 29.0. The van der Waals surface area contributed by atoms with Crippen molar-refractivity contribution in [2.24, 2.45) is 5.92 Å². The lowest BCUT2D eigenvalue weighted by atomic mass is 9.79. The van der Waals surface area contributed by atoms with Gasteiger partial charge in [-0.1, -0.05) is 42.4 Å². The van der Waals surface area contributed by atoms with Crippen LogP contribution in [0.25, 0.3) is 16.9 Å². The lowest BCUT2D eigenvalue weighted by Crippen LogP contribution is -2.37. The first-order valence-corrected chi connectivity index (χ1v) is 13.1. The fraction of sp³-hybridized carbons (Fsp3) is 0.300. The molecule has 0 radical (unpaired) electrons. The van der Waals surface area contributed by atoms with E-state index < -0.39 is 29.7 Å². The van der Waals surface area contributed by atoms with Gasteiger partial charge in [-0.25, -0.2) is 4.39 Å². The molecule has 0 aliphatic heterocycles. The summed E-state index contributed by atoms with van der Waals surface area (Å²) in [6.45, 7) is 0.244. The van der Waals surface area contributed by atoms with Crippen LogP contribution in [0.15, 0.2) is 61.3 Å². The van der Waals surface area contributed by atoms with Crippen LogP contribution in [0.4, 0.5) is 13.2 Å². The van der Waals surface area contributed by atoms with E-state index >= 15 is 0 Å². The quantitative estimate of drug-likeness (QED) is 0.161. The van der Waals surface area contributed by atoms with Crippen molar-refractivity contribution >= 4 is 28.9 Å². The number of alkyl halides is 2. The number of rotatable bonds is 10. The molecular weight excluding hydrogens is 547 g/mol. The molecule has 1 aromatic heterocycles. The summed E-state index contributed by atoms with van der Waals surface area (Å²) in [5.41, 5.74) is 0.843. The van der Waals surface area contributed by atoms with Gasteiger partial charge in [0.05, 0.1) is 16.1 Å². The standard InChI is InChI=1S/C30H27ClF3NO5/c1-17(36)20-6-2-19(3-7-20)15-26(38)23(14-18-4-9-22(37)10-5-18)25-12-8-21(16-35(25)39)28-27(40-30(33)34)13-11-24(31)29(28)32/h2-3,6-8,11-13,16,18,23,30,36H,1,4-5,9-10,14-15H2. The molecule has 0 amide bonds. The molecule has 0 saturated heterocycles. The number of ether oxygens (including phenoxy) is 1.